The standard InChI is InChI=1S/C27H32ClNO10/c1-3-35-25(33)37-15-26-16-38-27(39-26,24(32)22(30)23(26)31)19-7-10-21(28)18(14-19)13-17-5-8-20(9-6-17)36-12-4-11-29-34-2/h5-11,14,22-24,30-32H,3-4,12-13,15-16H2,1-2H3/t22-,23-,24+,26-,27-/m0/s1. The van der Waals surface area contributed by atoms with E-state index in [0.29, 0.717) is 41.3 Å². The Morgan fingerprint density at radius 3 is 2.64 bits per heavy atom. The minimum absolute atomic E-state index is 0.102. The van der Waals surface area contributed by atoms with Gasteiger partial charge in [0.15, 0.2) is 5.60 Å². The molecular weight excluding hydrogens is 534 g/mol. The van der Waals surface area contributed by atoms with E-state index in [1.165, 1.54) is 7.11 Å². The monoisotopic (exact) mass is 565 g/mol. The van der Waals surface area contributed by atoms with Crippen LogP contribution in [0.2, 0.25) is 5.02 Å². The fourth-order valence-electron chi connectivity index (χ4n) is 4.61. The highest BCUT2D eigenvalue weighted by molar-refractivity contribution is 6.31. The van der Waals surface area contributed by atoms with Crippen LogP contribution in [0.5, 0.6) is 5.75 Å². The van der Waals surface area contributed by atoms with Crippen molar-refractivity contribution in [2.24, 2.45) is 5.16 Å². The van der Waals surface area contributed by atoms with Crippen molar-refractivity contribution < 1.29 is 48.6 Å². The lowest BCUT2D eigenvalue weighted by Crippen LogP contribution is -2.65. The van der Waals surface area contributed by atoms with E-state index in [0.717, 1.165) is 5.56 Å². The normalized spacial score (nSPS) is 27.9. The molecule has 2 saturated heterocycles. The van der Waals surface area contributed by atoms with Crippen molar-refractivity contribution in [2.75, 3.05) is 33.5 Å². The highest BCUT2D eigenvalue weighted by atomic mass is 35.5. The molecule has 39 heavy (non-hydrogen) atoms. The van der Waals surface area contributed by atoms with Crippen LogP contribution in [0.1, 0.15) is 30.0 Å². The number of aliphatic hydroxyl groups is 3. The summed E-state index contributed by atoms with van der Waals surface area (Å²) < 4.78 is 27.6. The van der Waals surface area contributed by atoms with Crippen LogP contribution < -0.4 is 4.74 Å². The minimum Gasteiger partial charge on any atom is -0.493 e. The number of carbonyl (C=O) groups is 1. The summed E-state index contributed by atoms with van der Waals surface area (Å²) in [7, 11) is 1.48. The summed E-state index contributed by atoms with van der Waals surface area (Å²) in [6.07, 6.45) is -3.13. The fraction of sp³-hybridized carbons (Fsp3) is 0.481. The van der Waals surface area contributed by atoms with E-state index in [1.807, 2.05) is 24.3 Å². The van der Waals surface area contributed by atoms with Crippen molar-refractivity contribution in [1.29, 1.82) is 0 Å². The third kappa shape index (κ3) is 6.13. The molecule has 4 rings (SSSR count). The number of hydrogen-bond donors (Lipinski definition) is 3. The molecule has 0 saturated carbocycles. The number of ether oxygens (including phenoxy) is 5. The van der Waals surface area contributed by atoms with Crippen LogP contribution in [-0.2, 0) is 36.0 Å². The Hall–Kier alpha value is -2.93. The first kappa shape index (κ1) is 29.1. The molecule has 0 spiro atoms. The second kappa shape index (κ2) is 12.5. The van der Waals surface area contributed by atoms with Crippen LogP contribution in [0, 0.1) is 0 Å². The van der Waals surface area contributed by atoms with Crippen LogP contribution >= 0.6 is 11.6 Å². The molecule has 0 aliphatic carbocycles. The molecule has 12 heteroatoms. The molecule has 2 aliphatic rings. The first-order valence-electron chi connectivity index (χ1n) is 12.5. The lowest BCUT2D eigenvalue weighted by atomic mass is 9.83. The van der Waals surface area contributed by atoms with Gasteiger partial charge in [0.25, 0.3) is 0 Å². The topological polar surface area (TPSA) is 146 Å². The molecule has 2 aromatic rings. The molecule has 2 aromatic carbocycles. The molecule has 0 unspecified atom stereocenters. The lowest BCUT2D eigenvalue weighted by molar-refractivity contribution is -0.329. The Labute approximate surface area is 230 Å². The average molecular weight is 566 g/mol. The zero-order valence-electron chi connectivity index (χ0n) is 21.6. The molecule has 2 heterocycles. The number of fused-ring (bicyclic) bond motifs is 2. The highest BCUT2D eigenvalue weighted by Crippen LogP contribution is 2.50. The van der Waals surface area contributed by atoms with Crippen molar-refractivity contribution >= 4 is 24.0 Å². The van der Waals surface area contributed by atoms with Gasteiger partial charge in [-0.05, 0) is 48.7 Å². The smallest absolute Gasteiger partial charge is 0.493 e. The SMILES string of the molecule is CCOC(=O)OC[C@@]12CO[C@@](c3ccc(Cl)c(Cc4ccc(OCCC=NOC)cc4)c3)(O1)[C@H](O)[C@@H](O)[C@@H]2O. The van der Waals surface area contributed by atoms with Gasteiger partial charge < -0.3 is 43.8 Å². The first-order chi connectivity index (χ1) is 18.7. The highest BCUT2D eigenvalue weighted by Gasteiger charge is 2.67. The maximum absolute atomic E-state index is 11.8. The number of aliphatic hydroxyl groups excluding tert-OH is 3. The lowest BCUT2D eigenvalue weighted by Gasteiger charge is -2.46. The van der Waals surface area contributed by atoms with E-state index >= 15 is 0 Å². The number of benzene rings is 2. The van der Waals surface area contributed by atoms with E-state index in [4.69, 9.17) is 35.3 Å². The quantitative estimate of drug-likeness (QED) is 0.161. The number of halogens is 1. The predicted molar refractivity (Wildman–Crippen MR) is 139 cm³/mol. The van der Waals surface area contributed by atoms with Gasteiger partial charge in [-0.3, -0.25) is 0 Å². The average Bonchev–Trinajstić information content (AvgIpc) is 3.32. The summed E-state index contributed by atoms with van der Waals surface area (Å²) in [5.74, 6) is -1.12. The minimum atomic E-state index is -1.82. The fourth-order valence-corrected chi connectivity index (χ4v) is 4.79. The maximum Gasteiger partial charge on any atom is 0.508 e. The first-order valence-corrected chi connectivity index (χ1v) is 12.9. The van der Waals surface area contributed by atoms with Gasteiger partial charge in [0.05, 0.1) is 19.8 Å². The molecular formula is C27H32ClNO10. The van der Waals surface area contributed by atoms with Gasteiger partial charge >= 0.3 is 6.16 Å². The van der Waals surface area contributed by atoms with E-state index in [-0.39, 0.29) is 13.2 Å². The van der Waals surface area contributed by atoms with Gasteiger partial charge in [0.1, 0.15) is 37.8 Å². The van der Waals surface area contributed by atoms with Gasteiger partial charge in [-0.1, -0.05) is 35.0 Å². The third-order valence-electron chi connectivity index (χ3n) is 6.62. The Bertz CT molecular complexity index is 1160. The number of oxime groups is 1. The van der Waals surface area contributed by atoms with Crippen molar-refractivity contribution in [3.8, 4) is 5.75 Å². The van der Waals surface area contributed by atoms with Gasteiger partial charge in [-0.2, -0.15) is 0 Å². The van der Waals surface area contributed by atoms with Crippen LogP contribution in [0.15, 0.2) is 47.6 Å². The van der Waals surface area contributed by atoms with Crippen molar-refractivity contribution in [3.63, 3.8) is 0 Å². The Kier molecular flexibility index (Phi) is 9.31. The zero-order chi connectivity index (χ0) is 28.0. The second-order valence-electron chi connectivity index (χ2n) is 9.21. The van der Waals surface area contributed by atoms with Gasteiger partial charge in [-0.25, -0.2) is 4.79 Å². The van der Waals surface area contributed by atoms with Crippen LogP contribution in [-0.4, -0.2) is 85.1 Å². The number of nitrogens with zero attached hydrogens (tertiary/aromatic N) is 1. The molecule has 212 valence electrons. The second-order valence-corrected chi connectivity index (χ2v) is 9.62. The molecule has 0 amide bonds. The summed E-state index contributed by atoms with van der Waals surface area (Å²) in [5.41, 5.74) is 0.436. The largest absolute Gasteiger partial charge is 0.508 e. The summed E-state index contributed by atoms with van der Waals surface area (Å²) in [5, 5.41) is 36.5. The van der Waals surface area contributed by atoms with Crippen molar-refractivity contribution in [2.45, 2.75) is 49.5 Å². The van der Waals surface area contributed by atoms with Crippen LogP contribution in [0.4, 0.5) is 4.79 Å². The van der Waals surface area contributed by atoms with Crippen molar-refractivity contribution in [3.05, 3.63) is 64.2 Å². The van der Waals surface area contributed by atoms with Gasteiger partial charge in [-0.15, -0.1) is 0 Å². The zero-order valence-corrected chi connectivity index (χ0v) is 22.4. The molecule has 0 radical (unpaired) electrons. The van der Waals surface area contributed by atoms with Gasteiger partial charge in [0, 0.05) is 23.2 Å². The Morgan fingerprint density at radius 1 is 1.15 bits per heavy atom. The van der Waals surface area contributed by atoms with Gasteiger partial charge in [0.2, 0.25) is 5.79 Å². The third-order valence-corrected chi connectivity index (χ3v) is 6.99. The maximum atomic E-state index is 11.8. The van der Waals surface area contributed by atoms with Crippen molar-refractivity contribution in [1.82, 2.24) is 0 Å². The number of carbonyl (C=O) groups excluding carboxylic acids is 1. The molecule has 11 nitrogen and oxygen atoms in total. The summed E-state index contributed by atoms with van der Waals surface area (Å²) in [6, 6.07) is 12.5. The molecule has 5 atom stereocenters. The molecule has 0 aromatic heterocycles. The van der Waals surface area contributed by atoms with E-state index in [9.17, 15) is 20.1 Å². The Morgan fingerprint density at radius 2 is 1.92 bits per heavy atom. The summed E-state index contributed by atoms with van der Waals surface area (Å²) in [4.78, 5) is 16.4. The molecule has 2 bridgehead atoms. The van der Waals surface area contributed by atoms with E-state index < -0.39 is 42.5 Å². The molecule has 2 aliphatic heterocycles. The Balaban J connectivity index is 1.51. The van der Waals surface area contributed by atoms with Crippen LogP contribution in [0.3, 0.4) is 0 Å². The summed E-state index contributed by atoms with van der Waals surface area (Å²) in [6.45, 7) is 1.48. The number of rotatable bonds is 11. The van der Waals surface area contributed by atoms with E-state index in [1.54, 1.807) is 31.3 Å². The van der Waals surface area contributed by atoms with E-state index in [2.05, 4.69) is 9.99 Å². The predicted octanol–water partition coefficient (Wildman–Crippen LogP) is 2.54. The van der Waals surface area contributed by atoms with Crippen LogP contribution in [0.25, 0.3) is 0 Å². The number of hydrogen-bond acceptors (Lipinski definition) is 11. The molecule has 3 N–H and O–H groups in total. The summed E-state index contributed by atoms with van der Waals surface area (Å²) >= 11 is 6.50. The molecule has 2 fully saturated rings.